The molecule has 0 N–H and O–H groups in total. The largest absolute Gasteiger partial charge is 0.430 e. The summed E-state index contributed by atoms with van der Waals surface area (Å²) in [6.07, 6.45) is 0.674. The first-order valence-corrected chi connectivity index (χ1v) is 20.2. The highest BCUT2D eigenvalue weighted by Crippen LogP contribution is 2.63. The van der Waals surface area contributed by atoms with Crippen molar-refractivity contribution in [2.45, 2.75) is 87.3 Å². The van der Waals surface area contributed by atoms with Crippen molar-refractivity contribution in [2.24, 2.45) is 0 Å². The van der Waals surface area contributed by atoms with E-state index in [1.807, 2.05) is 0 Å². The Morgan fingerprint density at radius 1 is 0.537 bits per heavy atom. The molecule has 1 rings (SSSR count). The molecule has 19 heteroatoms. The number of alkyl halides is 14. The highest BCUT2D eigenvalue weighted by Gasteiger charge is 2.94. The van der Waals surface area contributed by atoms with Crippen LogP contribution < -0.4 is 0 Å². The fourth-order valence-corrected chi connectivity index (χ4v) is 13.9. The average Bonchev–Trinajstić information content (AvgIpc) is 2.74. The summed E-state index contributed by atoms with van der Waals surface area (Å²) in [4.78, 5) is 0. The Morgan fingerprint density at radius 2 is 0.878 bits per heavy atom. The van der Waals surface area contributed by atoms with Gasteiger partial charge < -0.3 is 8.23 Å². The van der Waals surface area contributed by atoms with Gasteiger partial charge in [-0.3, -0.25) is 0 Å². The first kappa shape index (κ1) is 37.6. The third-order valence-corrected chi connectivity index (χ3v) is 14.3. The monoisotopic (exact) mass is 674 g/mol. The van der Waals surface area contributed by atoms with Crippen molar-refractivity contribution in [1.29, 1.82) is 0 Å². The Hall–Kier alpha value is -1.45. The van der Waals surface area contributed by atoms with Gasteiger partial charge in [0.1, 0.15) is 0 Å². The molecule has 0 saturated heterocycles. The average molecular weight is 675 g/mol. The van der Waals surface area contributed by atoms with Gasteiger partial charge in [0.2, 0.25) is 0 Å². The van der Waals surface area contributed by atoms with Gasteiger partial charge in [-0.05, 0) is 50.5 Å². The van der Waals surface area contributed by atoms with E-state index in [4.69, 9.17) is 8.23 Å². The van der Waals surface area contributed by atoms with E-state index < -0.39 is 73.2 Å². The van der Waals surface area contributed by atoms with Gasteiger partial charge in [0.15, 0.2) is 16.6 Å². The normalized spacial score (nSPS) is 16.0. The van der Waals surface area contributed by atoms with E-state index in [-0.39, 0.29) is 11.3 Å². The van der Waals surface area contributed by atoms with E-state index in [1.54, 1.807) is 0 Å². The second kappa shape index (κ2) is 10.9. The van der Waals surface area contributed by atoms with Crippen molar-refractivity contribution in [3.05, 3.63) is 41.6 Å². The molecule has 1 aromatic carbocycles. The SMILES string of the molecule is CC(F)(F)C(F)(F)C(F)(F)C(F)(F)C(F)(F)C(F)(F)C(F)(F)[Si](C=Cc1ccccc1)(O[Si](C)(C)C)O[Si](C)(C)C. The molecule has 0 unspecified atom stereocenters. The minimum Gasteiger partial charge on any atom is -0.430 e. The summed E-state index contributed by atoms with van der Waals surface area (Å²) in [6.45, 7) is 5.58. The van der Waals surface area contributed by atoms with Crippen LogP contribution in [0.5, 0.6) is 0 Å². The first-order chi connectivity index (χ1) is 17.7. The summed E-state index contributed by atoms with van der Waals surface area (Å²) in [5, 5.41) is 0. The van der Waals surface area contributed by atoms with E-state index in [0.717, 1.165) is 39.3 Å². The summed E-state index contributed by atoms with van der Waals surface area (Å²) in [5.74, 6) is -45.4. The summed E-state index contributed by atoms with van der Waals surface area (Å²) < 4.78 is 212. The van der Waals surface area contributed by atoms with Gasteiger partial charge in [-0.15, -0.1) is 0 Å². The predicted octanol–water partition coefficient (Wildman–Crippen LogP) is 9.39. The van der Waals surface area contributed by atoms with Gasteiger partial charge in [-0.25, -0.2) is 0 Å². The molecule has 0 aliphatic heterocycles. The van der Waals surface area contributed by atoms with Crippen LogP contribution in [0, 0.1) is 0 Å². The van der Waals surface area contributed by atoms with E-state index in [0.29, 0.717) is 6.08 Å². The highest BCUT2D eigenvalue weighted by atomic mass is 28.5. The van der Waals surface area contributed by atoms with Gasteiger partial charge in [0.05, 0.1) is 0 Å². The van der Waals surface area contributed by atoms with Gasteiger partial charge in [-0.2, -0.15) is 61.5 Å². The van der Waals surface area contributed by atoms with Crippen molar-refractivity contribution in [3.63, 3.8) is 0 Å². The molecule has 0 heterocycles. The Labute approximate surface area is 230 Å². The topological polar surface area (TPSA) is 18.5 Å². The number of hydrogen-bond donors (Lipinski definition) is 0. The molecular formula is C22H28F14O2Si3. The Kier molecular flexibility index (Phi) is 10.0. The maximum absolute atomic E-state index is 15.9. The standard InChI is InChI=1S/C22H28F14O2Si3/c1-16(23,24)17(25,26)18(27,28)19(29,30)20(31,32)21(33,34)22(35,36)41(37-39(2,3)4,38-40(5,6)7)14-13-15-11-9-8-10-12-15/h8-14H,1-7H3. The van der Waals surface area contributed by atoms with Crippen molar-refractivity contribution >= 4 is 31.3 Å². The molecular weight excluding hydrogens is 646 g/mol. The second-order valence-electron chi connectivity index (χ2n) is 11.2. The Bertz CT molecular complexity index is 1060. The maximum atomic E-state index is 15.9. The minimum absolute atomic E-state index is 0.0183. The van der Waals surface area contributed by atoms with E-state index in [1.165, 1.54) is 30.3 Å². The van der Waals surface area contributed by atoms with Gasteiger partial charge >= 0.3 is 49.6 Å². The van der Waals surface area contributed by atoms with Gasteiger partial charge in [0, 0.05) is 6.92 Å². The van der Waals surface area contributed by atoms with Crippen LogP contribution in [0.1, 0.15) is 12.5 Å². The molecule has 0 fully saturated rings. The van der Waals surface area contributed by atoms with Gasteiger partial charge in [-0.1, -0.05) is 36.4 Å². The molecule has 0 aromatic heterocycles. The van der Waals surface area contributed by atoms with Crippen molar-refractivity contribution < 1.29 is 69.7 Å². The van der Waals surface area contributed by atoms with Crippen molar-refractivity contribution in [1.82, 2.24) is 0 Å². The predicted molar refractivity (Wildman–Crippen MR) is 130 cm³/mol. The van der Waals surface area contributed by atoms with Crippen LogP contribution in [0.3, 0.4) is 0 Å². The lowest BCUT2D eigenvalue weighted by Gasteiger charge is -2.48. The molecule has 0 atom stereocenters. The molecule has 0 radical (unpaired) electrons. The summed E-state index contributed by atoms with van der Waals surface area (Å²) in [7, 11) is -13.7. The lowest BCUT2D eigenvalue weighted by Crippen LogP contribution is -2.78. The van der Waals surface area contributed by atoms with E-state index in [9.17, 15) is 43.9 Å². The molecule has 0 saturated carbocycles. The zero-order chi connectivity index (χ0) is 32.9. The second-order valence-corrected chi connectivity index (χ2v) is 23.6. The highest BCUT2D eigenvalue weighted by molar-refractivity contribution is 6.92. The molecule has 41 heavy (non-hydrogen) atoms. The fourth-order valence-electron chi connectivity index (χ4n) is 3.28. The van der Waals surface area contributed by atoms with E-state index in [2.05, 4.69) is 0 Å². The van der Waals surface area contributed by atoms with Gasteiger partial charge in [0.25, 0.3) is 0 Å². The summed E-state index contributed by atoms with van der Waals surface area (Å²) >= 11 is 0. The first-order valence-electron chi connectivity index (χ1n) is 11.5. The number of rotatable bonds is 13. The molecule has 0 aliphatic carbocycles. The van der Waals surface area contributed by atoms with Crippen LogP contribution in [0.25, 0.3) is 6.08 Å². The van der Waals surface area contributed by atoms with Crippen LogP contribution in [-0.4, -0.2) is 66.3 Å². The maximum Gasteiger partial charge on any atom is 0.428 e. The molecule has 1 aromatic rings. The third-order valence-electron chi connectivity index (χ3n) is 5.17. The van der Waals surface area contributed by atoms with Crippen LogP contribution >= 0.6 is 0 Å². The lowest BCUT2D eigenvalue weighted by molar-refractivity contribution is -0.435. The fraction of sp³-hybridized carbons (Fsp3) is 0.636. The zero-order valence-electron chi connectivity index (χ0n) is 22.6. The van der Waals surface area contributed by atoms with Crippen LogP contribution in [0.4, 0.5) is 61.5 Å². The Morgan fingerprint density at radius 3 is 1.22 bits per heavy atom. The third kappa shape index (κ3) is 6.72. The lowest BCUT2D eigenvalue weighted by atomic mass is 9.92. The van der Waals surface area contributed by atoms with Crippen molar-refractivity contribution in [2.75, 3.05) is 0 Å². The minimum atomic E-state index is -8.16. The number of benzene rings is 1. The molecule has 0 bridgehead atoms. The van der Waals surface area contributed by atoms with Crippen LogP contribution in [0.15, 0.2) is 36.0 Å². The zero-order valence-corrected chi connectivity index (χ0v) is 25.6. The Balaban J connectivity index is 4.09. The quantitative estimate of drug-likeness (QED) is 0.153. The van der Waals surface area contributed by atoms with Crippen LogP contribution in [-0.2, 0) is 8.23 Å². The summed E-state index contributed by atoms with van der Waals surface area (Å²) in [6, 6.07) is 6.58. The molecule has 0 aliphatic rings. The molecule has 238 valence electrons. The van der Waals surface area contributed by atoms with E-state index >= 15 is 17.6 Å². The van der Waals surface area contributed by atoms with Crippen molar-refractivity contribution in [3.8, 4) is 0 Å². The molecule has 0 amide bonds. The van der Waals surface area contributed by atoms with Crippen LogP contribution in [0.2, 0.25) is 39.3 Å². The smallest absolute Gasteiger partial charge is 0.428 e. The molecule has 0 spiro atoms. The summed E-state index contributed by atoms with van der Waals surface area (Å²) in [5.41, 5.74) is -6.46. The number of halogens is 14. The molecule has 2 nitrogen and oxygen atoms in total. The number of hydrogen-bond acceptors (Lipinski definition) is 2.